The monoisotopic (exact) mass is 309 g/mol. The molecule has 0 atom stereocenters. The maximum atomic E-state index is 10.8. The Labute approximate surface area is 130 Å². The average Bonchev–Trinajstić information content (AvgIpc) is 3.03. The van der Waals surface area contributed by atoms with Gasteiger partial charge >= 0.3 is 5.69 Å². The molecule has 0 amide bonds. The first-order valence-electron chi connectivity index (χ1n) is 6.62. The first kappa shape index (κ1) is 14.4. The summed E-state index contributed by atoms with van der Waals surface area (Å²) in [5, 5.41) is 32.3. The van der Waals surface area contributed by atoms with Crippen molar-refractivity contribution >= 4 is 11.9 Å². The first-order chi connectivity index (χ1) is 11.1. The Hall–Kier alpha value is -3.55. The summed E-state index contributed by atoms with van der Waals surface area (Å²) in [4.78, 5) is 10.2. The molecular weight excluding hydrogens is 298 g/mol. The van der Waals surface area contributed by atoms with E-state index >= 15 is 0 Å². The highest BCUT2D eigenvalue weighted by Gasteiger charge is 2.13. The number of phenolic OH excluding ortho intramolecular Hbond substituents is 1. The van der Waals surface area contributed by atoms with Gasteiger partial charge in [0.05, 0.1) is 11.1 Å². The molecule has 114 valence electrons. The summed E-state index contributed by atoms with van der Waals surface area (Å²) in [6, 6.07) is 13.4. The second kappa shape index (κ2) is 6.06. The second-order valence-corrected chi connectivity index (χ2v) is 4.61. The normalized spacial score (nSPS) is 11.0. The van der Waals surface area contributed by atoms with Crippen molar-refractivity contribution in [3.05, 3.63) is 70.5 Å². The number of hydrogen-bond donors (Lipinski definition) is 1. The number of aromatic hydroxyl groups is 1. The van der Waals surface area contributed by atoms with E-state index < -0.39 is 4.92 Å². The van der Waals surface area contributed by atoms with Gasteiger partial charge < -0.3 is 5.11 Å². The molecule has 0 radical (unpaired) electrons. The summed E-state index contributed by atoms with van der Waals surface area (Å²) < 4.78 is 1.47. The molecule has 1 heterocycles. The minimum atomic E-state index is -0.652. The molecule has 23 heavy (non-hydrogen) atoms. The highest BCUT2D eigenvalue weighted by Crippen LogP contribution is 2.25. The molecular formula is C15H11N5O3. The van der Waals surface area contributed by atoms with Gasteiger partial charge in [-0.2, -0.15) is 9.78 Å². The number of hydrogen-bond acceptors (Lipinski definition) is 6. The summed E-state index contributed by atoms with van der Waals surface area (Å²) >= 11 is 0. The minimum Gasteiger partial charge on any atom is -0.502 e. The summed E-state index contributed by atoms with van der Waals surface area (Å²) in [6.07, 6.45) is 2.87. The van der Waals surface area contributed by atoms with E-state index in [1.165, 1.54) is 35.4 Å². The SMILES string of the molecule is O=[N+]([O-])c1cc(/C=N\n2cnnc2-c2ccccc2)ccc1O. The molecule has 0 unspecified atom stereocenters. The van der Waals surface area contributed by atoms with Crippen LogP contribution >= 0.6 is 0 Å². The zero-order chi connectivity index (χ0) is 16.2. The van der Waals surface area contributed by atoms with Gasteiger partial charge in [0.1, 0.15) is 6.33 Å². The van der Waals surface area contributed by atoms with E-state index in [-0.39, 0.29) is 11.4 Å². The van der Waals surface area contributed by atoms with Crippen molar-refractivity contribution in [1.82, 2.24) is 14.9 Å². The highest BCUT2D eigenvalue weighted by molar-refractivity contribution is 5.81. The van der Waals surface area contributed by atoms with E-state index in [1.807, 2.05) is 30.3 Å². The number of phenols is 1. The topological polar surface area (TPSA) is 106 Å². The largest absolute Gasteiger partial charge is 0.502 e. The summed E-state index contributed by atoms with van der Waals surface area (Å²) in [5.74, 6) is 0.163. The van der Waals surface area contributed by atoms with Crippen molar-refractivity contribution in [3.63, 3.8) is 0 Å². The zero-order valence-corrected chi connectivity index (χ0v) is 11.8. The van der Waals surface area contributed by atoms with Gasteiger partial charge in [-0.3, -0.25) is 10.1 Å². The van der Waals surface area contributed by atoms with Crippen molar-refractivity contribution in [2.24, 2.45) is 5.10 Å². The van der Waals surface area contributed by atoms with Crippen molar-refractivity contribution in [2.45, 2.75) is 0 Å². The molecule has 0 bridgehead atoms. The molecule has 2 aromatic carbocycles. The quantitative estimate of drug-likeness (QED) is 0.452. The second-order valence-electron chi connectivity index (χ2n) is 4.61. The third kappa shape index (κ3) is 3.05. The van der Waals surface area contributed by atoms with Gasteiger partial charge in [0.25, 0.3) is 0 Å². The van der Waals surface area contributed by atoms with Crippen LogP contribution in [-0.4, -0.2) is 31.1 Å². The number of aromatic nitrogens is 3. The Morgan fingerprint density at radius 3 is 2.74 bits per heavy atom. The molecule has 8 heteroatoms. The molecule has 0 saturated heterocycles. The summed E-state index contributed by atoms with van der Waals surface area (Å²) in [6.45, 7) is 0. The Morgan fingerprint density at radius 1 is 1.22 bits per heavy atom. The predicted molar refractivity (Wildman–Crippen MR) is 83.2 cm³/mol. The Bertz CT molecular complexity index is 874. The third-order valence-electron chi connectivity index (χ3n) is 3.09. The van der Waals surface area contributed by atoms with E-state index in [4.69, 9.17) is 0 Å². The van der Waals surface area contributed by atoms with E-state index in [0.29, 0.717) is 11.4 Å². The van der Waals surface area contributed by atoms with Crippen LogP contribution in [0, 0.1) is 10.1 Å². The van der Waals surface area contributed by atoms with Crippen molar-refractivity contribution < 1.29 is 10.0 Å². The van der Waals surface area contributed by atoms with Crippen LogP contribution in [0.4, 0.5) is 5.69 Å². The lowest BCUT2D eigenvalue weighted by molar-refractivity contribution is -0.385. The van der Waals surface area contributed by atoms with Crippen molar-refractivity contribution in [3.8, 4) is 17.1 Å². The van der Waals surface area contributed by atoms with Crippen molar-refractivity contribution in [1.29, 1.82) is 0 Å². The number of nitrogens with zero attached hydrogens (tertiary/aromatic N) is 5. The van der Waals surface area contributed by atoms with Gasteiger partial charge in [0.2, 0.25) is 0 Å². The molecule has 0 fully saturated rings. The molecule has 0 aliphatic heterocycles. The van der Waals surface area contributed by atoms with E-state index in [9.17, 15) is 15.2 Å². The summed E-state index contributed by atoms with van der Waals surface area (Å²) in [5.41, 5.74) is 0.946. The van der Waals surface area contributed by atoms with Crippen LogP contribution in [0.2, 0.25) is 0 Å². The molecule has 0 spiro atoms. The maximum Gasteiger partial charge on any atom is 0.311 e. The average molecular weight is 309 g/mol. The molecule has 1 aromatic heterocycles. The van der Waals surface area contributed by atoms with Gasteiger partial charge in [-0.1, -0.05) is 30.3 Å². The Kier molecular flexibility index (Phi) is 3.79. The minimum absolute atomic E-state index is 0.374. The van der Waals surface area contributed by atoms with Crippen LogP contribution < -0.4 is 0 Å². The van der Waals surface area contributed by atoms with E-state index in [0.717, 1.165) is 5.56 Å². The Morgan fingerprint density at radius 2 is 2.00 bits per heavy atom. The van der Waals surface area contributed by atoms with Crippen molar-refractivity contribution in [2.75, 3.05) is 0 Å². The fourth-order valence-electron chi connectivity index (χ4n) is 1.99. The van der Waals surface area contributed by atoms with Crippen LogP contribution in [0.15, 0.2) is 60.0 Å². The number of benzene rings is 2. The lowest BCUT2D eigenvalue weighted by atomic mass is 10.2. The van der Waals surface area contributed by atoms with Gasteiger partial charge in [-0.15, -0.1) is 10.2 Å². The van der Waals surface area contributed by atoms with E-state index in [2.05, 4.69) is 15.3 Å². The van der Waals surface area contributed by atoms with Gasteiger partial charge in [0.15, 0.2) is 11.6 Å². The fourth-order valence-corrected chi connectivity index (χ4v) is 1.99. The van der Waals surface area contributed by atoms with E-state index in [1.54, 1.807) is 0 Å². The predicted octanol–water partition coefficient (Wildman–Crippen LogP) is 2.44. The smallest absolute Gasteiger partial charge is 0.311 e. The van der Waals surface area contributed by atoms with Crippen LogP contribution in [0.3, 0.4) is 0 Å². The Balaban J connectivity index is 1.92. The molecule has 0 aliphatic rings. The van der Waals surface area contributed by atoms with Crippen LogP contribution in [0.1, 0.15) is 5.56 Å². The van der Waals surface area contributed by atoms with Gasteiger partial charge in [-0.25, -0.2) is 0 Å². The van der Waals surface area contributed by atoms with Gasteiger partial charge in [-0.05, 0) is 12.1 Å². The number of nitro benzene ring substituents is 1. The third-order valence-corrected chi connectivity index (χ3v) is 3.09. The molecule has 1 N–H and O–H groups in total. The first-order valence-corrected chi connectivity index (χ1v) is 6.62. The van der Waals surface area contributed by atoms with Gasteiger partial charge in [0, 0.05) is 17.2 Å². The summed E-state index contributed by atoms with van der Waals surface area (Å²) in [7, 11) is 0. The lowest BCUT2D eigenvalue weighted by Crippen LogP contribution is -1.95. The molecule has 3 aromatic rings. The lowest BCUT2D eigenvalue weighted by Gasteiger charge is -2.00. The molecule has 0 aliphatic carbocycles. The van der Waals surface area contributed by atoms with Crippen LogP contribution in [0.25, 0.3) is 11.4 Å². The fraction of sp³-hybridized carbons (Fsp3) is 0. The zero-order valence-electron chi connectivity index (χ0n) is 11.8. The maximum absolute atomic E-state index is 10.8. The number of nitro groups is 1. The molecule has 3 rings (SSSR count). The standard InChI is InChI=1S/C15H11N5O3/c21-14-7-6-11(8-13(14)20(22)23)9-17-19-10-16-18-15(19)12-4-2-1-3-5-12/h1-10,21H/b17-9-. The highest BCUT2D eigenvalue weighted by atomic mass is 16.6. The van der Waals surface area contributed by atoms with Crippen LogP contribution in [-0.2, 0) is 0 Å². The number of rotatable bonds is 4. The molecule has 8 nitrogen and oxygen atoms in total. The van der Waals surface area contributed by atoms with Crippen LogP contribution in [0.5, 0.6) is 5.75 Å². The molecule has 0 saturated carbocycles.